The fourth-order valence-corrected chi connectivity index (χ4v) is 3.68. The minimum absolute atomic E-state index is 0.287. The van der Waals surface area contributed by atoms with Crippen LogP contribution in [0.3, 0.4) is 0 Å². The summed E-state index contributed by atoms with van der Waals surface area (Å²) in [7, 11) is 3.38. The number of hydrogen-bond acceptors (Lipinski definition) is 4. The number of amides is 1. The van der Waals surface area contributed by atoms with Crippen molar-refractivity contribution in [3.8, 4) is 0 Å². The van der Waals surface area contributed by atoms with E-state index in [1.807, 2.05) is 4.90 Å². The molecule has 1 amide bonds. The lowest BCUT2D eigenvalue weighted by Gasteiger charge is -2.31. The normalized spacial score (nSPS) is 27.8. The van der Waals surface area contributed by atoms with Crippen molar-refractivity contribution in [2.24, 2.45) is 5.92 Å². The molecule has 2 fully saturated rings. The van der Waals surface area contributed by atoms with Crippen LogP contribution in [0.2, 0.25) is 0 Å². The van der Waals surface area contributed by atoms with Crippen molar-refractivity contribution >= 4 is 5.91 Å². The highest BCUT2D eigenvalue weighted by atomic mass is 16.5. The number of nitrogens with zero attached hydrogens (tertiary/aromatic N) is 1. The molecule has 0 aromatic heterocycles. The molecule has 5 nitrogen and oxygen atoms in total. The third kappa shape index (κ3) is 5.24. The summed E-state index contributed by atoms with van der Waals surface area (Å²) in [6.07, 6.45) is 6.50. The maximum atomic E-state index is 12.6. The maximum Gasteiger partial charge on any atom is 0.222 e. The van der Waals surface area contributed by atoms with Crippen LogP contribution in [0.4, 0.5) is 0 Å². The fourth-order valence-electron chi connectivity index (χ4n) is 3.68. The number of nitrogens with one attached hydrogen (secondary N) is 1. The molecule has 0 radical (unpaired) electrons. The second-order valence-electron chi connectivity index (χ2n) is 6.40. The van der Waals surface area contributed by atoms with Gasteiger partial charge in [-0.05, 0) is 38.0 Å². The zero-order valence-electron chi connectivity index (χ0n) is 13.5. The van der Waals surface area contributed by atoms with E-state index in [4.69, 9.17) is 9.47 Å². The highest BCUT2D eigenvalue weighted by Crippen LogP contribution is 2.32. The summed E-state index contributed by atoms with van der Waals surface area (Å²) in [6.45, 7) is 2.77. The minimum atomic E-state index is 0.287. The highest BCUT2D eigenvalue weighted by Gasteiger charge is 2.34. The Morgan fingerprint density at radius 2 is 1.76 bits per heavy atom. The quantitative estimate of drug-likeness (QED) is 0.654. The van der Waals surface area contributed by atoms with Crippen molar-refractivity contribution in [3.05, 3.63) is 0 Å². The molecule has 2 aliphatic rings. The van der Waals surface area contributed by atoms with Crippen LogP contribution < -0.4 is 5.32 Å². The number of piperidine rings is 1. The zero-order valence-corrected chi connectivity index (χ0v) is 13.5. The van der Waals surface area contributed by atoms with E-state index in [1.54, 1.807) is 14.2 Å². The number of carbonyl (C=O) groups is 1. The van der Waals surface area contributed by atoms with Gasteiger partial charge in [0.05, 0.1) is 6.61 Å². The van der Waals surface area contributed by atoms with Gasteiger partial charge >= 0.3 is 0 Å². The van der Waals surface area contributed by atoms with E-state index < -0.39 is 0 Å². The molecule has 2 rings (SSSR count). The number of hydrogen-bond donors (Lipinski definition) is 1. The van der Waals surface area contributed by atoms with Crippen LogP contribution in [0.5, 0.6) is 0 Å². The standard InChI is InChI=1S/C16H30N2O3/c1-20-8-3-6-18(7-9-21-2)16(19)12-13-10-14-4-5-15(11-13)17-14/h13-15,17H,3-12H2,1-2H3. The van der Waals surface area contributed by atoms with Crippen LogP contribution in [0, 0.1) is 5.92 Å². The largest absolute Gasteiger partial charge is 0.385 e. The minimum Gasteiger partial charge on any atom is -0.385 e. The second kappa shape index (κ2) is 8.71. The van der Waals surface area contributed by atoms with E-state index in [-0.39, 0.29) is 5.91 Å². The van der Waals surface area contributed by atoms with Crippen LogP contribution in [-0.2, 0) is 14.3 Å². The Labute approximate surface area is 128 Å². The van der Waals surface area contributed by atoms with Crippen molar-refractivity contribution in [2.45, 2.75) is 50.6 Å². The van der Waals surface area contributed by atoms with Gasteiger partial charge in [0.25, 0.3) is 0 Å². The summed E-state index contributed by atoms with van der Waals surface area (Å²) >= 11 is 0. The molecule has 0 aromatic carbocycles. The lowest BCUT2D eigenvalue weighted by atomic mass is 9.89. The van der Waals surface area contributed by atoms with Crippen molar-refractivity contribution < 1.29 is 14.3 Å². The maximum absolute atomic E-state index is 12.6. The van der Waals surface area contributed by atoms with Gasteiger partial charge in [-0.2, -0.15) is 0 Å². The first-order valence-electron chi connectivity index (χ1n) is 8.24. The van der Waals surface area contributed by atoms with Gasteiger partial charge in [0.1, 0.15) is 0 Å². The number of fused-ring (bicyclic) bond motifs is 2. The third-order valence-electron chi connectivity index (χ3n) is 4.73. The summed E-state index contributed by atoms with van der Waals surface area (Å²) in [6, 6.07) is 1.31. The molecular weight excluding hydrogens is 268 g/mol. The van der Waals surface area contributed by atoms with Gasteiger partial charge < -0.3 is 19.7 Å². The fraction of sp³-hybridized carbons (Fsp3) is 0.938. The van der Waals surface area contributed by atoms with Crippen LogP contribution in [0.15, 0.2) is 0 Å². The van der Waals surface area contributed by atoms with Crippen molar-refractivity contribution in [1.29, 1.82) is 0 Å². The predicted octanol–water partition coefficient (Wildman–Crippen LogP) is 1.42. The van der Waals surface area contributed by atoms with E-state index >= 15 is 0 Å². The summed E-state index contributed by atoms with van der Waals surface area (Å²) in [5.74, 6) is 0.846. The molecule has 1 N–H and O–H groups in total. The monoisotopic (exact) mass is 298 g/mol. The van der Waals surface area contributed by atoms with Crippen LogP contribution in [0.25, 0.3) is 0 Å². The lowest BCUT2D eigenvalue weighted by Crippen LogP contribution is -2.41. The van der Waals surface area contributed by atoms with Gasteiger partial charge in [0.2, 0.25) is 5.91 Å². The summed E-state index contributed by atoms with van der Waals surface area (Å²) in [5, 5.41) is 3.64. The Bertz CT molecular complexity index is 313. The van der Waals surface area contributed by atoms with Gasteiger partial charge in [0, 0.05) is 52.4 Å². The Hall–Kier alpha value is -0.650. The Morgan fingerprint density at radius 1 is 1.10 bits per heavy atom. The molecule has 2 unspecified atom stereocenters. The van der Waals surface area contributed by atoms with Gasteiger partial charge in [-0.1, -0.05) is 0 Å². The van der Waals surface area contributed by atoms with Gasteiger partial charge in [-0.25, -0.2) is 0 Å². The van der Waals surface area contributed by atoms with Gasteiger partial charge in [-0.15, -0.1) is 0 Å². The van der Waals surface area contributed by atoms with Crippen LogP contribution >= 0.6 is 0 Å². The number of ether oxygens (including phenoxy) is 2. The van der Waals surface area contributed by atoms with E-state index in [1.165, 1.54) is 25.7 Å². The smallest absolute Gasteiger partial charge is 0.222 e. The van der Waals surface area contributed by atoms with Crippen LogP contribution in [-0.4, -0.2) is 63.4 Å². The van der Waals surface area contributed by atoms with Gasteiger partial charge in [-0.3, -0.25) is 4.79 Å². The molecule has 2 atom stereocenters. The molecule has 2 heterocycles. The number of carbonyl (C=O) groups excluding carboxylic acids is 1. The Balaban J connectivity index is 1.78. The lowest BCUT2D eigenvalue weighted by molar-refractivity contribution is -0.133. The number of methoxy groups -OCH3 is 2. The molecule has 2 bridgehead atoms. The first-order valence-corrected chi connectivity index (χ1v) is 8.24. The second-order valence-corrected chi connectivity index (χ2v) is 6.40. The van der Waals surface area contributed by atoms with Crippen molar-refractivity contribution in [1.82, 2.24) is 10.2 Å². The topological polar surface area (TPSA) is 50.8 Å². The molecular formula is C16H30N2O3. The van der Waals surface area contributed by atoms with Crippen molar-refractivity contribution in [2.75, 3.05) is 40.5 Å². The van der Waals surface area contributed by atoms with Crippen molar-refractivity contribution in [3.63, 3.8) is 0 Å². The molecule has 2 saturated heterocycles. The third-order valence-corrected chi connectivity index (χ3v) is 4.73. The summed E-state index contributed by atoms with van der Waals surface area (Å²) < 4.78 is 10.2. The SMILES string of the molecule is COCCCN(CCOC)C(=O)CC1CC2CCC(C1)N2. The molecule has 0 saturated carbocycles. The molecule has 0 aromatic rings. The molecule has 5 heteroatoms. The average Bonchev–Trinajstić information content (AvgIpc) is 2.81. The molecule has 0 spiro atoms. The summed E-state index contributed by atoms with van der Waals surface area (Å²) in [4.78, 5) is 14.5. The first-order chi connectivity index (χ1) is 10.2. The van der Waals surface area contributed by atoms with E-state index in [0.29, 0.717) is 44.2 Å². The van der Waals surface area contributed by atoms with E-state index in [9.17, 15) is 4.79 Å². The Morgan fingerprint density at radius 3 is 2.38 bits per heavy atom. The van der Waals surface area contributed by atoms with Crippen LogP contribution in [0.1, 0.15) is 38.5 Å². The first kappa shape index (κ1) is 16.7. The zero-order chi connectivity index (χ0) is 15.1. The average molecular weight is 298 g/mol. The molecule has 122 valence electrons. The summed E-state index contributed by atoms with van der Waals surface area (Å²) in [5.41, 5.74) is 0. The van der Waals surface area contributed by atoms with E-state index in [2.05, 4.69) is 5.32 Å². The molecule has 0 aliphatic carbocycles. The highest BCUT2D eigenvalue weighted by molar-refractivity contribution is 5.76. The Kier molecular flexibility index (Phi) is 6.93. The number of rotatable bonds is 9. The van der Waals surface area contributed by atoms with E-state index in [0.717, 1.165) is 13.0 Å². The van der Waals surface area contributed by atoms with Gasteiger partial charge in [0.15, 0.2) is 0 Å². The predicted molar refractivity (Wildman–Crippen MR) is 82.2 cm³/mol. The molecule has 21 heavy (non-hydrogen) atoms. The molecule has 2 aliphatic heterocycles.